The van der Waals surface area contributed by atoms with E-state index in [0.717, 1.165) is 41.9 Å². The number of rotatable bonds is 13. The molecule has 3 N–H and O–H groups in total. The second-order valence-electron chi connectivity index (χ2n) is 11.9. The third kappa shape index (κ3) is 7.66. The first-order valence-electron chi connectivity index (χ1n) is 15.9. The molecule has 0 aliphatic carbocycles. The van der Waals surface area contributed by atoms with Crippen molar-refractivity contribution in [2.24, 2.45) is 0 Å². The number of benzene rings is 3. The number of carbonyl (C=O) groups excluding carboxylic acids is 3. The fourth-order valence-electron chi connectivity index (χ4n) is 5.40. The summed E-state index contributed by atoms with van der Waals surface area (Å²) in [5.41, 5.74) is 3.08. The molecule has 0 saturated heterocycles. The average molecular weight is 656 g/mol. The molecule has 0 fully saturated rings. The zero-order valence-corrected chi connectivity index (χ0v) is 27.5. The van der Waals surface area contributed by atoms with Gasteiger partial charge >= 0.3 is 6.03 Å². The van der Waals surface area contributed by atoms with Crippen LogP contribution in [0, 0.1) is 18.6 Å². The predicted molar refractivity (Wildman–Crippen MR) is 183 cm³/mol. The number of ketones is 1. The number of hydrogen-bond acceptors (Lipinski definition) is 7. The molecule has 0 radical (unpaired) electrons. The van der Waals surface area contributed by atoms with Gasteiger partial charge in [0.15, 0.2) is 11.6 Å². The number of aromatic nitrogens is 2. The molecule has 3 aromatic carbocycles. The first-order chi connectivity index (χ1) is 23.1. The summed E-state index contributed by atoms with van der Waals surface area (Å²) >= 11 is 0. The van der Waals surface area contributed by atoms with E-state index in [1.807, 2.05) is 25.9 Å². The summed E-state index contributed by atoms with van der Waals surface area (Å²) in [7, 11) is 3.83. The maximum Gasteiger partial charge on any atom is 0.328 e. The second-order valence-corrected chi connectivity index (χ2v) is 11.9. The van der Waals surface area contributed by atoms with Gasteiger partial charge in [-0.3, -0.25) is 9.59 Å². The van der Waals surface area contributed by atoms with Gasteiger partial charge in [0.1, 0.15) is 17.3 Å². The Kier molecular flexibility index (Phi) is 10.7. The second kappa shape index (κ2) is 15.1. The van der Waals surface area contributed by atoms with E-state index in [0.29, 0.717) is 53.1 Å². The Balaban J connectivity index is 1.51. The van der Waals surface area contributed by atoms with Crippen molar-refractivity contribution in [3.05, 3.63) is 94.6 Å². The molecule has 0 bridgehead atoms. The molecule has 0 atom stereocenters. The largest absolute Gasteiger partial charge is 0.353 e. The molecule has 12 heteroatoms. The molecule has 0 saturated carbocycles. The first-order valence-corrected chi connectivity index (χ1v) is 15.9. The van der Waals surface area contributed by atoms with Crippen LogP contribution in [0.4, 0.5) is 36.7 Å². The number of fused-ring (bicyclic) bond motifs is 1. The summed E-state index contributed by atoms with van der Waals surface area (Å²) in [4.78, 5) is 51.3. The predicted octanol–water partition coefficient (Wildman–Crippen LogP) is 7.08. The van der Waals surface area contributed by atoms with Crippen LogP contribution in [0.3, 0.4) is 0 Å². The van der Waals surface area contributed by atoms with Gasteiger partial charge in [0.05, 0.1) is 12.2 Å². The van der Waals surface area contributed by atoms with Gasteiger partial charge in [-0.1, -0.05) is 31.9 Å². The van der Waals surface area contributed by atoms with Gasteiger partial charge in [-0.25, -0.2) is 23.5 Å². The maximum atomic E-state index is 15.0. The molecule has 2 heterocycles. The van der Waals surface area contributed by atoms with E-state index in [2.05, 4.69) is 27.9 Å². The SMILES string of the molecule is CCCCCC(=O)c1ccc(NC(=O)c2ccc(C)c(-c3nc(NCCN(C)C)nc4c3CNC(=O)N4c3c(F)cccc3F)c2)cc1. The van der Waals surface area contributed by atoms with Crippen molar-refractivity contribution < 1.29 is 23.2 Å². The highest BCUT2D eigenvalue weighted by Gasteiger charge is 2.34. The monoisotopic (exact) mass is 655 g/mol. The number of unbranched alkanes of at least 4 members (excludes halogenated alkanes) is 2. The number of aryl methyl sites for hydroxylation is 1. The Hall–Kier alpha value is -5.23. The lowest BCUT2D eigenvalue weighted by atomic mass is 9.97. The van der Waals surface area contributed by atoms with Crippen LogP contribution >= 0.6 is 0 Å². The zero-order chi connectivity index (χ0) is 34.4. The number of nitrogens with one attached hydrogen (secondary N) is 3. The molecular weight excluding hydrogens is 616 g/mol. The number of amides is 3. The van der Waals surface area contributed by atoms with Gasteiger partial charge in [0, 0.05) is 47.5 Å². The number of para-hydroxylation sites is 1. The Morgan fingerprint density at radius 3 is 2.38 bits per heavy atom. The fourth-order valence-corrected chi connectivity index (χ4v) is 5.40. The van der Waals surface area contributed by atoms with Crippen LogP contribution in [0.1, 0.15) is 64.4 Å². The van der Waals surface area contributed by atoms with Crippen molar-refractivity contribution in [3.8, 4) is 11.3 Å². The Labute approximate surface area is 278 Å². The highest BCUT2D eigenvalue weighted by molar-refractivity contribution is 6.06. The van der Waals surface area contributed by atoms with Crippen molar-refractivity contribution in [1.29, 1.82) is 0 Å². The van der Waals surface area contributed by atoms with E-state index in [-0.39, 0.29) is 30.0 Å². The normalized spacial score (nSPS) is 12.5. The van der Waals surface area contributed by atoms with E-state index >= 15 is 8.78 Å². The van der Waals surface area contributed by atoms with Gasteiger partial charge < -0.3 is 20.9 Å². The summed E-state index contributed by atoms with van der Waals surface area (Å²) in [5.74, 6) is -1.98. The minimum atomic E-state index is -0.927. The molecular formula is C36H39F2N7O3. The van der Waals surface area contributed by atoms with Crippen molar-refractivity contribution in [1.82, 2.24) is 20.2 Å². The number of urea groups is 1. The molecule has 0 spiro atoms. The molecule has 4 aromatic rings. The Morgan fingerprint density at radius 2 is 1.69 bits per heavy atom. The van der Waals surface area contributed by atoms with Crippen molar-refractivity contribution >= 4 is 40.9 Å². The lowest BCUT2D eigenvalue weighted by Gasteiger charge is -2.31. The van der Waals surface area contributed by atoms with Crippen LogP contribution in [-0.4, -0.2) is 59.8 Å². The Morgan fingerprint density at radius 1 is 0.979 bits per heavy atom. The molecule has 0 unspecified atom stereocenters. The molecule has 1 aliphatic heterocycles. The van der Waals surface area contributed by atoms with E-state index in [1.54, 1.807) is 42.5 Å². The third-order valence-corrected chi connectivity index (χ3v) is 8.05. The zero-order valence-electron chi connectivity index (χ0n) is 27.5. The molecule has 10 nitrogen and oxygen atoms in total. The van der Waals surface area contributed by atoms with Gasteiger partial charge in [0.25, 0.3) is 5.91 Å². The fraction of sp³-hybridized carbons (Fsp3) is 0.306. The highest BCUT2D eigenvalue weighted by atomic mass is 19.1. The first kappa shape index (κ1) is 34.1. The van der Waals surface area contributed by atoms with Crippen LogP contribution in [-0.2, 0) is 6.54 Å². The van der Waals surface area contributed by atoms with E-state index in [1.165, 1.54) is 6.07 Å². The lowest BCUT2D eigenvalue weighted by molar-refractivity contribution is 0.0978. The van der Waals surface area contributed by atoms with Crippen molar-refractivity contribution in [2.75, 3.05) is 42.7 Å². The van der Waals surface area contributed by atoms with E-state index in [4.69, 9.17) is 4.98 Å². The molecule has 250 valence electrons. The van der Waals surface area contributed by atoms with E-state index < -0.39 is 23.4 Å². The van der Waals surface area contributed by atoms with Gasteiger partial charge in [0.2, 0.25) is 5.95 Å². The van der Waals surface area contributed by atoms with Crippen LogP contribution in [0.15, 0.2) is 60.7 Å². The Bertz CT molecular complexity index is 1810. The average Bonchev–Trinajstić information content (AvgIpc) is 3.05. The molecule has 1 aliphatic rings. The summed E-state index contributed by atoms with van der Waals surface area (Å²) in [6, 6.07) is 14.6. The van der Waals surface area contributed by atoms with Gasteiger partial charge in [-0.05, 0) is 81.5 Å². The number of hydrogen-bond donors (Lipinski definition) is 3. The lowest BCUT2D eigenvalue weighted by Crippen LogP contribution is -2.43. The van der Waals surface area contributed by atoms with Crippen LogP contribution < -0.4 is 20.9 Å². The topological polar surface area (TPSA) is 120 Å². The standard InChI is InChI=1S/C36H39F2N7O3/c1-5-6-7-11-30(46)23-14-16-25(17-15-23)41-34(47)24-13-12-22(2)26(20-24)31-27-21-40-36(48)45(32-28(37)9-8-10-29(32)38)33(27)43-35(42-31)39-18-19-44(3)4/h8-10,12-17,20H,5-7,11,18-19,21H2,1-4H3,(H,40,48)(H,41,47)(H,39,42,43). The van der Waals surface area contributed by atoms with Crippen LogP contribution in [0.25, 0.3) is 11.3 Å². The quantitative estimate of drug-likeness (QED) is 0.104. The summed E-state index contributed by atoms with van der Waals surface area (Å²) < 4.78 is 30.1. The third-order valence-electron chi connectivity index (χ3n) is 8.05. The molecule has 3 amide bonds. The molecule has 1 aromatic heterocycles. The van der Waals surface area contributed by atoms with Crippen molar-refractivity contribution in [3.63, 3.8) is 0 Å². The van der Waals surface area contributed by atoms with Crippen LogP contribution in [0.2, 0.25) is 0 Å². The summed E-state index contributed by atoms with van der Waals surface area (Å²) in [5, 5.41) is 8.73. The summed E-state index contributed by atoms with van der Waals surface area (Å²) in [6.45, 7) is 5.04. The minimum Gasteiger partial charge on any atom is -0.353 e. The number of nitrogens with zero attached hydrogens (tertiary/aromatic N) is 4. The maximum absolute atomic E-state index is 15.0. The van der Waals surface area contributed by atoms with E-state index in [9.17, 15) is 14.4 Å². The number of carbonyl (C=O) groups is 3. The smallest absolute Gasteiger partial charge is 0.328 e. The molecule has 5 rings (SSSR count). The number of anilines is 4. The summed E-state index contributed by atoms with van der Waals surface area (Å²) in [6.07, 6.45) is 3.37. The minimum absolute atomic E-state index is 0.00652. The van der Waals surface area contributed by atoms with Crippen molar-refractivity contribution in [2.45, 2.75) is 46.1 Å². The van der Waals surface area contributed by atoms with Gasteiger partial charge in [-0.2, -0.15) is 4.98 Å². The number of Topliss-reactive ketones (excluding diaryl/α,β-unsaturated/α-hetero) is 1. The van der Waals surface area contributed by atoms with Crippen LogP contribution in [0.5, 0.6) is 0 Å². The number of halogens is 2. The number of likely N-dealkylation sites (N-methyl/N-ethyl adjacent to an activating group) is 1. The molecule has 48 heavy (non-hydrogen) atoms. The highest BCUT2D eigenvalue weighted by Crippen LogP contribution is 2.39. The van der Waals surface area contributed by atoms with Gasteiger partial charge in [-0.15, -0.1) is 0 Å².